The summed E-state index contributed by atoms with van der Waals surface area (Å²) in [4.78, 5) is 6.72. The lowest BCUT2D eigenvalue weighted by Crippen LogP contribution is -2.40. The minimum Gasteiger partial charge on any atom is -0.383 e. The van der Waals surface area contributed by atoms with Crippen LogP contribution in [0.3, 0.4) is 0 Å². The monoisotopic (exact) mass is 492 g/mol. The van der Waals surface area contributed by atoms with E-state index in [1.165, 1.54) is 0 Å². The molecule has 0 radical (unpaired) electrons. The molecule has 7 nitrogen and oxygen atoms in total. The topological polar surface area (TPSA) is 67.6 Å². The number of hydrogen-bond donors (Lipinski definition) is 1. The van der Waals surface area contributed by atoms with Crippen LogP contribution in [0.25, 0.3) is 0 Å². The molecular weight excluding hydrogens is 467 g/mol. The Morgan fingerprint density at radius 2 is 2.15 bits per heavy atom. The van der Waals surface area contributed by atoms with Crippen LogP contribution in [0.4, 0.5) is 0 Å². The highest BCUT2D eigenvalue weighted by Crippen LogP contribution is 2.12. The van der Waals surface area contributed by atoms with Gasteiger partial charge in [0.15, 0.2) is 11.8 Å². The van der Waals surface area contributed by atoms with Gasteiger partial charge in [-0.3, -0.25) is 0 Å². The highest BCUT2D eigenvalue weighted by atomic mass is 127. The second-order valence-corrected chi connectivity index (χ2v) is 6.20. The van der Waals surface area contributed by atoms with Crippen LogP contribution in [0.5, 0.6) is 0 Å². The molecule has 1 aromatic heterocycles. The lowest BCUT2D eigenvalue weighted by atomic mass is 10.2. The summed E-state index contributed by atoms with van der Waals surface area (Å²) in [6, 6.07) is 7.81. The lowest BCUT2D eigenvalue weighted by Gasteiger charge is -2.22. The Labute approximate surface area is 176 Å². The molecule has 0 saturated carbocycles. The number of benzene rings is 1. The summed E-state index contributed by atoms with van der Waals surface area (Å²) in [5.74, 6) is 2.46. The molecule has 2 aromatic rings. The molecule has 0 atom stereocenters. The third kappa shape index (κ3) is 6.73. The third-order valence-corrected chi connectivity index (χ3v) is 4.05. The standard InChI is InChI=1S/C17H25ClN6O.HI/c1-13-21-22-16(24(13)3)11-20-17(19-8-9-25-4)23(2)12-14-6-5-7-15(18)10-14;/h5-7,10H,8-9,11-12H2,1-4H3,(H,19,20);1H. The van der Waals surface area contributed by atoms with Crippen LogP contribution >= 0.6 is 35.6 Å². The number of aromatic nitrogens is 3. The van der Waals surface area contributed by atoms with Gasteiger partial charge in [-0.05, 0) is 24.6 Å². The summed E-state index contributed by atoms with van der Waals surface area (Å²) in [5.41, 5.74) is 1.12. The number of hydrogen-bond acceptors (Lipinski definition) is 4. The molecule has 0 unspecified atom stereocenters. The van der Waals surface area contributed by atoms with Crippen LogP contribution in [0.1, 0.15) is 17.2 Å². The summed E-state index contributed by atoms with van der Waals surface area (Å²) < 4.78 is 7.05. The Kier molecular flexibility index (Phi) is 9.89. The molecule has 0 amide bonds. The fourth-order valence-corrected chi connectivity index (χ4v) is 2.51. The van der Waals surface area contributed by atoms with Gasteiger partial charge in [0.05, 0.1) is 6.61 Å². The molecule has 1 aromatic carbocycles. The molecule has 1 heterocycles. The number of halogens is 2. The van der Waals surface area contributed by atoms with Gasteiger partial charge in [0.25, 0.3) is 0 Å². The normalized spacial score (nSPS) is 11.2. The van der Waals surface area contributed by atoms with Crippen LogP contribution in [0.15, 0.2) is 29.3 Å². The molecule has 144 valence electrons. The lowest BCUT2D eigenvalue weighted by molar-refractivity contribution is 0.203. The fraction of sp³-hybridized carbons (Fsp3) is 0.471. The number of aliphatic imine (C=N–C) groups is 1. The van der Waals surface area contributed by atoms with E-state index in [4.69, 9.17) is 16.3 Å². The molecule has 0 bridgehead atoms. The van der Waals surface area contributed by atoms with E-state index in [0.717, 1.165) is 28.2 Å². The summed E-state index contributed by atoms with van der Waals surface area (Å²) >= 11 is 6.07. The first kappa shape index (κ1) is 22.7. The number of aryl methyl sites for hydroxylation is 1. The first-order chi connectivity index (χ1) is 12.0. The van der Waals surface area contributed by atoms with Gasteiger partial charge in [-0.1, -0.05) is 23.7 Å². The van der Waals surface area contributed by atoms with Gasteiger partial charge in [-0.25, -0.2) is 4.99 Å². The van der Waals surface area contributed by atoms with E-state index in [1.807, 2.05) is 54.8 Å². The molecule has 0 aliphatic carbocycles. The molecular formula is C17H26ClIN6O. The van der Waals surface area contributed by atoms with Crippen molar-refractivity contribution in [3.8, 4) is 0 Å². The Balaban J connectivity index is 0.00000338. The number of nitrogens with one attached hydrogen (secondary N) is 1. The van der Waals surface area contributed by atoms with E-state index in [-0.39, 0.29) is 24.0 Å². The minimum absolute atomic E-state index is 0. The van der Waals surface area contributed by atoms with Crippen LogP contribution < -0.4 is 5.32 Å². The number of ether oxygens (including phenoxy) is 1. The van der Waals surface area contributed by atoms with Crippen LogP contribution in [-0.2, 0) is 24.9 Å². The molecule has 9 heteroatoms. The zero-order chi connectivity index (χ0) is 18.2. The van der Waals surface area contributed by atoms with Crippen molar-refractivity contribution in [3.63, 3.8) is 0 Å². The maximum absolute atomic E-state index is 6.07. The number of rotatable bonds is 7. The van der Waals surface area contributed by atoms with E-state index in [1.54, 1.807) is 7.11 Å². The molecule has 26 heavy (non-hydrogen) atoms. The highest BCUT2D eigenvalue weighted by molar-refractivity contribution is 14.0. The van der Waals surface area contributed by atoms with E-state index in [2.05, 4.69) is 20.5 Å². The Morgan fingerprint density at radius 1 is 1.38 bits per heavy atom. The number of methoxy groups -OCH3 is 1. The fourth-order valence-electron chi connectivity index (χ4n) is 2.29. The summed E-state index contributed by atoms with van der Waals surface area (Å²) in [6.07, 6.45) is 0. The number of guanidine groups is 1. The van der Waals surface area contributed by atoms with Crippen molar-refractivity contribution in [2.24, 2.45) is 12.0 Å². The predicted octanol–water partition coefficient (Wildman–Crippen LogP) is 2.62. The van der Waals surface area contributed by atoms with Crippen molar-refractivity contribution in [2.45, 2.75) is 20.0 Å². The van der Waals surface area contributed by atoms with Crippen molar-refractivity contribution >= 4 is 41.5 Å². The zero-order valence-electron chi connectivity index (χ0n) is 15.6. The highest BCUT2D eigenvalue weighted by Gasteiger charge is 2.09. The maximum Gasteiger partial charge on any atom is 0.194 e. The average molecular weight is 493 g/mol. The first-order valence-electron chi connectivity index (χ1n) is 8.09. The van der Waals surface area contributed by atoms with Gasteiger partial charge in [-0.15, -0.1) is 34.2 Å². The molecule has 2 rings (SSSR count). The Bertz CT molecular complexity index is 721. The second-order valence-electron chi connectivity index (χ2n) is 5.77. The largest absolute Gasteiger partial charge is 0.383 e. The quantitative estimate of drug-likeness (QED) is 0.279. The van der Waals surface area contributed by atoms with Gasteiger partial charge in [0, 0.05) is 39.3 Å². The summed E-state index contributed by atoms with van der Waals surface area (Å²) in [5, 5.41) is 12.3. The summed E-state index contributed by atoms with van der Waals surface area (Å²) in [7, 11) is 5.60. The second kappa shape index (κ2) is 11.3. The molecule has 0 saturated heterocycles. The van der Waals surface area contributed by atoms with E-state index in [0.29, 0.717) is 26.2 Å². The smallest absolute Gasteiger partial charge is 0.194 e. The minimum atomic E-state index is 0. The zero-order valence-corrected chi connectivity index (χ0v) is 18.7. The first-order valence-corrected chi connectivity index (χ1v) is 8.46. The number of nitrogens with zero attached hydrogens (tertiary/aromatic N) is 5. The summed E-state index contributed by atoms with van der Waals surface area (Å²) in [6.45, 7) is 4.34. The Hall–Kier alpha value is -1.39. The maximum atomic E-state index is 6.07. The molecule has 0 spiro atoms. The van der Waals surface area contributed by atoms with Gasteiger partial charge in [0.2, 0.25) is 0 Å². The van der Waals surface area contributed by atoms with E-state index < -0.39 is 0 Å². The van der Waals surface area contributed by atoms with Crippen molar-refractivity contribution in [1.29, 1.82) is 0 Å². The van der Waals surface area contributed by atoms with E-state index >= 15 is 0 Å². The molecule has 1 N–H and O–H groups in total. The van der Waals surface area contributed by atoms with Gasteiger partial charge >= 0.3 is 0 Å². The van der Waals surface area contributed by atoms with Crippen molar-refractivity contribution < 1.29 is 4.74 Å². The molecule has 0 aliphatic rings. The molecule has 0 aliphatic heterocycles. The van der Waals surface area contributed by atoms with Gasteiger partial charge < -0.3 is 19.5 Å². The van der Waals surface area contributed by atoms with Crippen LogP contribution in [-0.4, -0.2) is 52.9 Å². The van der Waals surface area contributed by atoms with Crippen molar-refractivity contribution in [1.82, 2.24) is 25.0 Å². The third-order valence-electron chi connectivity index (χ3n) is 3.81. The van der Waals surface area contributed by atoms with Crippen LogP contribution in [0.2, 0.25) is 5.02 Å². The molecule has 0 fully saturated rings. The Morgan fingerprint density at radius 3 is 2.77 bits per heavy atom. The SMILES string of the molecule is COCCNC(=NCc1nnc(C)n1C)N(C)Cc1cccc(Cl)c1.I. The average Bonchev–Trinajstić information content (AvgIpc) is 2.90. The van der Waals surface area contributed by atoms with Gasteiger partial charge in [0.1, 0.15) is 12.4 Å². The van der Waals surface area contributed by atoms with Gasteiger partial charge in [-0.2, -0.15) is 0 Å². The predicted molar refractivity (Wildman–Crippen MR) is 115 cm³/mol. The van der Waals surface area contributed by atoms with Crippen molar-refractivity contribution in [3.05, 3.63) is 46.5 Å². The van der Waals surface area contributed by atoms with Crippen LogP contribution in [0, 0.1) is 6.92 Å². The van der Waals surface area contributed by atoms with Crippen molar-refractivity contribution in [2.75, 3.05) is 27.3 Å². The van der Waals surface area contributed by atoms with E-state index in [9.17, 15) is 0 Å².